The molecular formula is C24H53O2PS3. The van der Waals surface area contributed by atoms with Gasteiger partial charge < -0.3 is 9.05 Å². The molecular weight excluding hydrogens is 447 g/mol. The van der Waals surface area contributed by atoms with Gasteiger partial charge in [0.1, 0.15) is 0 Å². The second-order valence-electron chi connectivity index (χ2n) is 8.50. The minimum Gasteiger partial charge on any atom is -0.322 e. The van der Waals surface area contributed by atoms with E-state index in [9.17, 15) is 0 Å². The Bertz CT molecular complexity index is 340. The molecule has 0 N–H and O–H groups in total. The van der Waals surface area contributed by atoms with Gasteiger partial charge in [0.25, 0.3) is 0 Å². The maximum atomic E-state index is 5.76. The molecule has 0 aliphatic heterocycles. The Kier molecular flexibility index (Phi) is 29.6. The number of hydrogen-bond acceptors (Lipinski definition) is 3. The quantitative estimate of drug-likeness (QED) is 0.0807. The van der Waals surface area contributed by atoms with Crippen molar-refractivity contribution in [2.24, 2.45) is 0 Å². The van der Waals surface area contributed by atoms with E-state index in [1.807, 2.05) is 0 Å². The van der Waals surface area contributed by atoms with Gasteiger partial charge in [-0.25, -0.2) is 0 Å². The van der Waals surface area contributed by atoms with Crippen molar-refractivity contribution in [2.45, 2.75) is 142 Å². The van der Waals surface area contributed by atoms with Crippen LogP contribution in [0.3, 0.4) is 0 Å². The number of rotatable bonds is 24. The van der Waals surface area contributed by atoms with Crippen LogP contribution in [-0.4, -0.2) is 13.2 Å². The van der Waals surface area contributed by atoms with Gasteiger partial charge in [-0.05, 0) is 24.6 Å². The van der Waals surface area contributed by atoms with E-state index in [1.165, 1.54) is 116 Å². The first-order valence-corrected chi connectivity index (χ1v) is 16.5. The Morgan fingerprint density at radius 2 is 0.733 bits per heavy atom. The third-order valence-corrected chi connectivity index (χ3v) is 7.85. The Balaban J connectivity index is 0. The van der Waals surface area contributed by atoms with Gasteiger partial charge in [0.15, 0.2) is 0 Å². The summed E-state index contributed by atoms with van der Waals surface area (Å²) in [6.07, 6.45) is 26.7. The van der Waals surface area contributed by atoms with Crippen LogP contribution in [0.15, 0.2) is 0 Å². The van der Waals surface area contributed by atoms with Crippen molar-refractivity contribution in [3.8, 4) is 0 Å². The molecule has 184 valence electrons. The fourth-order valence-corrected chi connectivity index (χ4v) is 5.31. The highest BCUT2D eigenvalue weighted by Gasteiger charge is 2.12. The lowest BCUT2D eigenvalue weighted by atomic mass is 10.1. The summed E-state index contributed by atoms with van der Waals surface area (Å²) in [4.78, 5) is 0. The molecule has 0 saturated heterocycles. The largest absolute Gasteiger partial charge is 0.322 e. The Morgan fingerprint density at radius 1 is 0.500 bits per heavy atom. The molecule has 0 aliphatic rings. The summed E-state index contributed by atoms with van der Waals surface area (Å²) in [6.45, 7) is 5.95. The lowest BCUT2D eigenvalue weighted by Crippen LogP contribution is -1.96. The second kappa shape index (κ2) is 26.5. The lowest BCUT2D eigenvalue weighted by molar-refractivity contribution is 0.250. The van der Waals surface area contributed by atoms with E-state index < -0.39 is 5.69 Å². The predicted molar refractivity (Wildman–Crippen MR) is 149 cm³/mol. The molecule has 6 heteroatoms. The fourth-order valence-electron chi connectivity index (χ4n) is 3.58. The molecule has 0 aromatic carbocycles. The lowest BCUT2D eigenvalue weighted by Gasteiger charge is -2.16. The van der Waals surface area contributed by atoms with Gasteiger partial charge in [-0.15, -0.1) is 0 Å². The predicted octanol–water partition coefficient (Wildman–Crippen LogP) is 10.1. The third-order valence-electron chi connectivity index (χ3n) is 5.50. The molecule has 0 aromatic heterocycles. The number of unbranched alkanes of at least 4 members (excludes halogenated alkanes) is 18. The van der Waals surface area contributed by atoms with Gasteiger partial charge in [0.05, 0.1) is 13.2 Å². The standard InChI is InChI=1S/C24H51O2PS2.H2S/c1-3-5-7-9-11-13-15-17-19-21-23-25-27(28,29)26-24-22-20-18-16-14-12-10-8-6-4-2;/h3-24H2,1-2H3,(H,28,29);1H2. The first-order valence-electron chi connectivity index (χ1n) is 12.7. The minimum absolute atomic E-state index is 0. The highest BCUT2D eigenvalue weighted by atomic mass is 32.9. The van der Waals surface area contributed by atoms with E-state index in [4.69, 9.17) is 20.9 Å². The summed E-state index contributed by atoms with van der Waals surface area (Å²) in [7, 11) is 0. The van der Waals surface area contributed by atoms with Crippen molar-refractivity contribution >= 4 is 43.2 Å². The molecule has 0 radical (unpaired) electrons. The SMILES string of the molecule is CCCCCCCCCCCCOP(=S)(S)OCCCCCCCCCCCC.S. The van der Waals surface area contributed by atoms with E-state index >= 15 is 0 Å². The average molecular weight is 501 g/mol. The fraction of sp³-hybridized carbons (Fsp3) is 1.00. The molecule has 0 saturated carbocycles. The molecule has 0 aromatic rings. The van der Waals surface area contributed by atoms with Gasteiger partial charge in [0.2, 0.25) is 5.69 Å². The summed E-state index contributed by atoms with van der Waals surface area (Å²) in [5.41, 5.74) is -2.32. The van der Waals surface area contributed by atoms with Crippen molar-refractivity contribution in [3.63, 3.8) is 0 Å². The van der Waals surface area contributed by atoms with Crippen LogP contribution in [0.4, 0.5) is 0 Å². The van der Waals surface area contributed by atoms with Gasteiger partial charge in [-0.2, -0.15) is 13.5 Å². The van der Waals surface area contributed by atoms with E-state index in [1.54, 1.807) is 0 Å². The van der Waals surface area contributed by atoms with Crippen molar-refractivity contribution in [3.05, 3.63) is 0 Å². The van der Waals surface area contributed by atoms with Gasteiger partial charge in [-0.1, -0.05) is 142 Å². The topological polar surface area (TPSA) is 18.5 Å². The summed E-state index contributed by atoms with van der Waals surface area (Å²) in [5, 5.41) is 0. The van der Waals surface area contributed by atoms with Crippen LogP contribution in [0.5, 0.6) is 0 Å². The summed E-state index contributed by atoms with van der Waals surface area (Å²) < 4.78 is 11.5. The first kappa shape index (κ1) is 33.4. The Hall–Kier alpha value is 1.27. The molecule has 0 rings (SSSR count). The van der Waals surface area contributed by atoms with Gasteiger partial charge >= 0.3 is 0 Å². The van der Waals surface area contributed by atoms with Crippen molar-refractivity contribution < 1.29 is 9.05 Å². The maximum absolute atomic E-state index is 5.76. The molecule has 0 heterocycles. The van der Waals surface area contributed by atoms with E-state index in [0.717, 1.165) is 12.8 Å². The van der Waals surface area contributed by atoms with Crippen LogP contribution >= 0.6 is 31.4 Å². The van der Waals surface area contributed by atoms with Crippen LogP contribution in [-0.2, 0) is 20.9 Å². The van der Waals surface area contributed by atoms with Crippen LogP contribution in [0.25, 0.3) is 0 Å². The molecule has 2 nitrogen and oxygen atoms in total. The van der Waals surface area contributed by atoms with E-state index in [-0.39, 0.29) is 13.5 Å². The van der Waals surface area contributed by atoms with Gasteiger partial charge in [-0.3, -0.25) is 0 Å². The van der Waals surface area contributed by atoms with Crippen molar-refractivity contribution in [1.29, 1.82) is 0 Å². The van der Waals surface area contributed by atoms with Crippen molar-refractivity contribution in [2.75, 3.05) is 13.2 Å². The summed E-state index contributed by atoms with van der Waals surface area (Å²) in [5.74, 6) is 0. The highest BCUT2D eigenvalue weighted by Crippen LogP contribution is 2.53. The van der Waals surface area contributed by atoms with Crippen LogP contribution in [0, 0.1) is 0 Å². The monoisotopic (exact) mass is 500 g/mol. The zero-order valence-corrected chi connectivity index (χ0v) is 23.8. The zero-order valence-electron chi connectivity index (χ0n) is 20.2. The molecule has 0 fully saturated rings. The normalized spacial score (nSPS) is 11.6. The molecule has 0 spiro atoms. The highest BCUT2D eigenvalue weighted by molar-refractivity contribution is 8.60. The Labute approximate surface area is 207 Å². The smallest absolute Gasteiger partial charge is 0.244 e. The van der Waals surface area contributed by atoms with E-state index in [0.29, 0.717) is 13.2 Å². The first-order chi connectivity index (χ1) is 14.1. The van der Waals surface area contributed by atoms with Gasteiger partial charge in [0, 0.05) is 0 Å². The van der Waals surface area contributed by atoms with Crippen LogP contribution < -0.4 is 0 Å². The molecule has 0 bridgehead atoms. The number of thiol groups is 1. The third kappa shape index (κ3) is 27.3. The Morgan fingerprint density at radius 3 is 1.00 bits per heavy atom. The number of hydrogen-bond donors (Lipinski definition) is 1. The van der Waals surface area contributed by atoms with Crippen LogP contribution in [0.2, 0.25) is 0 Å². The van der Waals surface area contributed by atoms with Crippen LogP contribution in [0.1, 0.15) is 142 Å². The molecule has 30 heavy (non-hydrogen) atoms. The molecule has 0 amide bonds. The molecule has 0 aliphatic carbocycles. The van der Waals surface area contributed by atoms with E-state index in [2.05, 4.69) is 26.1 Å². The molecule has 0 unspecified atom stereocenters. The summed E-state index contributed by atoms with van der Waals surface area (Å²) in [6, 6.07) is 0. The average Bonchev–Trinajstić information content (AvgIpc) is 2.70. The molecule has 0 atom stereocenters. The maximum Gasteiger partial charge on any atom is 0.244 e. The summed E-state index contributed by atoms with van der Waals surface area (Å²) >= 11 is 9.88. The zero-order chi connectivity index (χ0) is 21.5. The van der Waals surface area contributed by atoms with Crippen molar-refractivity contribution in [1.82, 2.24) is 0 Å². The second-order valence-corrected chi connectivity index (χ2v) is 13.8. The minimum atomic E-state index is -2.32.